The zero-order valence-corrected chi connectivity index (χ0v) is 19.6. The number of carbonyl (C=O) groups is 1. The number of benzene rings is 2. The molecule has 2 saturated heterocycles. The number of sulfonamides is 1. The molecule has 2 aromatic carbocycles. The topological polar surface area (TPSA) is 66.9 Å². The number of nitrogens with zero attached hydrogens (tertiary/aromatic N) is 2. The van der Waals surface area contributed by atoms with E-state index in [1.807, 2.05) is 35.2 Å². The van der Waals surface area contributed by atoms with Gasteiger partial charge in [0.15, 0.2) is 0 Å². The third kappa shape index (κ3) is 5.55. The van der Waals surface area contributed by atoms with E-state index in [2.05, 4.69) is 0 Å². The molecule has 2 aliphatic rings. The molecule has 33 heavy (non-hydrogen) atoms. The molecule has 2 aromatic rings. The number of piperidine rings is 2. The Hall–Kier alpha value is -2.45. The third-order valence-corrected chi connectivity index (χ3v) is 8.48. The summed E-state index contributed by atoms with van der Waals surface area (Å²) in [5, 5.41) is 0. The molecule has 2 aliphatic heterocycles. The molecule has 8 heteroatoms. The predicted octanol–water partition coefficient (Wildman–Crippen LogP) is 4.08. The molecule has 1 atom stereocenters. The molecular formula is C25H31FN2O4S. The van der Waals surface area contributed by atoms with Crippen molar-refractivity contribution in [3.05, 3.63) is 60.4 Å². The molecule has 0 bridgehead atoms. The van der Waals surface area contributed by atoms with Crippen LogP contribution in [-0.4, -0.2) is 56.3 Å². The maximum absolute atomic E-state index is 14.4. The molecule has 2 fully saturated rings. The number of amides is 1. The molecule has 0 aromatic heterocycles. The fourth-order valence-electron chi connectivity index (χ4n) is 4.80. The van der Waals surface area contributed by atoms with Gasteiger partial charge in [0.2, 0.25) is 15.9 Å². The summed E-state index contributed by atoms with van der Waals surface area (Å²) in [7, 11) is -4.03. The number of hydrogen-bond acceptors (Lipinski definition) is 4. The summed E-state index contributed by atoms with van der Waals surface area (Å²) >= 11 is 0. The van der Waals surface area contributed by atoms with Gasteiger partial charge in [0.05, 0.1) is 6.61 Å². The summed E-state index contributed by atoms with van der Waals surface area (Å²) < 4.78 is 48.4. The van der Waals surface area contributed by atoms with Gasteiger partial charge in [-0.15, -0.1) is 0 Å². The van der Waals surface area contributed by atoms with E-state index in [9.17, 15) is 17.6 Å². The lowest BCUT2D eigenvalue weighted by molar-refractivity contribution is -0.136. The Kier molecular flexibility index (Phi) is 7.34. The summed E-state index contributed by atoms with van der Waals surface area (Å²) in [5.74, 6) is -0.0496. The van der Waals surface area contributed by atoms with Crippen LogP contribution in [0.2, 0.25) is 0 Å². The van der Waals surface area contributed by atoms with E-state index >= 15 is 0 Å². The van der Waals surface area contributed by atoms with E-state index in [0.29, 0.717) is 25.1 Å². The molecule has 4 rings (SSSR count). The van der Waals surface area contributed by atoms with Gasteiger partial charge in [-0.2, -0.15) is 4.31 Å². The van der Waals surface area contributed by atoms with E-state index in [1.54, 1.807) is 0 Å². The average Bonchev–Trinajstić information content (AvgIpc) is 2.84. The van der Waals surface area contributed by atoms with Gasteiger partial charge in [-0.05, 0) is 56.4 Å². The highest BCUT2D eigenvalue weighted by Crippen LogP contribution is 2.38. The van der Waals surface area contributed by atoms with Crippen LogP contribution in [0.15, 0.2) is 59.5 Å². The van der Waals surface area contributed by atoms with Gasteiger partial charge in [0.25, 0.3) is 0 Å². The molecule has 0 saturated carbocycles. The van der Waals surface area contributed by atoms with Crippen LogP contribution in [0, 0.1) is 11.2 Å². The van der Waals surface area contributed by atoms with Crippen LogP contribution in [0.25, 0.3) is 0 Å². The number of likely N-dealkylation sites (tertiary alicyclic amines) is 1. The van der Waals surface area contributed by atoms with Gasteiger partial charge in [-0.3, -0.25) is 4.79 Å². The summed E-state index contributed by atoms with van der Waals surface area (Å²) in [4.78, 5) is 14.8. The number of carbonyl (C=O) groups excluding carboxylic acids is 1. The number of ether oxygens (including phenoxy) is 1. The van der Waals surface area contributed by atoms with Crippen LogP contribution >= 0.6 is 0 Å². The fourth-order valence-corrected chi connectivity index (χ4v) is 6.46. The van der Waals surface area contributed by atoms with Crippen molar-refractivity contribution in [3.8, 4) is 5.75 Å². The minimum absolute atomic E-state index is 0.0384. The highest BCUT2D eigenvalue weighted by Gasteiger charge is 2.43. The SMILES string of the molecule is O=C(C[C@@]1(COc2ccccc2)CCCN(S(=O)(=O)c2ccccc2F)C1)N1CCCCC1. The zero-order valence-electron chi connectivity index (χ0n) is 18.8. The fraction of sp³-hybridized carbons (Fsp3) is 0.480. The van der Waals surface area contributed by atoms with Gasteiger partial charge in [-0.25, -0.2) is 12.8 Å². The standard InChI is InChI=1S/C25H31FN2O4S/c26-22-12-5-6-13-23(22)33(30,31)28-17-9-14-25(19-28,20-32-21-10-3-1-4-11-21)18-24(29)27-15-7-2-8-16-27/h1,3-6,10-13H,2,7-9,14-20H2/t25-/m0/s1. The van der Waals surface area contributed by atoms with Crippen LogP contribution in [-0.2, 0) is 14.8 Å². The van der Waals surface area contributed by atoms with Crippen molar-refractivity contribution >= 4 is 15.9 Å². The zero-order chi connectivity index (χ0) is 23.3. The smallest absolute Gasteiger partial charge is 0.246 e. The van der Waals surface area contributed by atoms with Gasteiger partial charge >= 0.3 is 0 Å². The molecular weight excluding hydrogens is 443 g/mol. The highest BCUT2D eigenvalue weighted by molar-refractivity contribution is 7.89. The van der Waals surface area contributed by atoms with Crippen molar-refractivity contribution in [3.63, 3.8) is 0 Å². The lowest BCUT2D eigenvalue weighted by atomic mass is 9.78. The van der Waals surface area contributed by atoms with E-state index in [-0.39, 0.29) is 30.4 Å². The van der Waals surface area contributed by atoms with E-state index in [4.69, 9.17) is 4.74 Å². The Labute approximate surface area is 195 Å². The number of halogens is 1. The first-order chi connectivity index (χ1) is 15.9. The van der Waals surface area contributed by atoms with Gasteiger partial charge in [-0.1, -0.05) is 30.3 Å². The second-order valence-electron chi connectivity index (χ2n) is 9.09. The first-order valence-electron chi connectivity index (χ1n) is 11.6. The molecule has 0 N–H and O–H groups in total. The molecule has 0 unspecified atom stereocenters. The van der Waals surface area contributed by atoms with Gasteiger partial charge < -0.3 is 9.64 Å². The van der Waals surface area contributed by atoms with Gasteiger partial charge in [0, 0.05) is 38.0 Å². The number of para-hydroxylation sites is 1. The van der Waals surface area contributed by atoms with Crippen LogP contribution in [0.3, 0.4) is 0 Å². The minimum Gasteiger partial charge on any atom is -0.493 e. The van der Waals surface area contributed by atoms with Crippen molar-refractivity contribution in [2.75, 3.05) is 32.8 Å². The minimum atomic E-state index is -4.03. The summed E-state index contributed by atoms with van der Waals surface area (Å²) in [6, 6.07) is 14.8. The van der Waals surface area contributed by atoms with E-state index in [1.165, 1.54) is 22.5 Å². The van der Waals surface area contributed by atoms with Crippen molar-refractivity contribution in [1.29, 1.82) is 0 Å². The Balaban J connectivity index is 1.58. The number of hydrogen-bond donors (Lipinski definition) is 0. The summed E-state index contributed by atoms with van der Waals surface area (Å²) in [6.45, 7) is 2.12. The predicted molar refractivity (Wildman–Crippen MR) is 124 cm³/mol. The molecule has 2 heterocycles. The monoisotopic (exact) mass is 474 g/mol. The summed E-state index contributed by atoms with van der Waals surface area (Å²) in [5.41, 5.74) is -0.680. The Bertz CT molecular complexity index is 1060. The molecule has 178 valence electrons. The molecule has 1 amide bonds. The summed E-state index contributed by atoms with van der Waals surface area (Å²) in [6.07, 6.45) is 4.58. The molecule has 6 nitrogen and oxygen atoms in total. The largest absolute Gasteiger partial charge is 0.493 e. The van der Waals surface area contributed by atoms with Crippen LogP contribution in [0.4, 0.5) is 4.39 Å². The van der Waals surface area contributed by atoms with Crippen LogP contribution in [0.5, 0.6) is 5.75 Å². The van der Waals surface area contributed by atoms with E-state index < -0.39 is 21.3 Å². The lowest BCUT2D eigenvalue weighted by Crippen LogP contribution is -2.51. The molecule has 0 spiro atoms. The second-order valence-corrected chi connectivity index (χ2v) is 11.0. The first-order valence-corrected chi connectivity index (χ1v) is 13.0. The quantitative estimate of drug-likeness (QED) is 0.607. The first kappa shape index (κ1) is 23.7. The Morgan fingerprint density at radius 2 is 1.64 bits per heavy atom. The average molecular weight is 475 g/mol. The normalized spacial score (nSPS) is 22.2. The second kappa shape index (κ2) is 10.2. The van der Waals surface area contributed by atoms with Crippen LogP contribution < -0.4 is 4.74 Å². The third-order valence-electron chi connectivity index (χ3n) is 6.60. The molecule has 0 aliphatic carbocycles. The Morgan fingerprint density at radius 3 is 2.36 bits per heavy atom. The van der Waals surface area contributed by atoms with Crippen molar-refractivity contribution in [2.45, 2.75) is 43.4 Å². The lowest BCUT2D eigenvalue weighted by Gasteiger charge is -2.42. The van der Waals surface area contributed by atoms with Crippen molar-refractivity contribution < 1.29 is 22.3 Å². The number of rotatable bonds is 7. The molecule has 0 radical (unpaired) electrons. The van der Waals surface area contributed by atoms with Crippen molar-refractivity contribution in [1.82, 2.24) is 9.21 Å². The van der Waals surface area contributed by atoms with Crippen molar-refractivity contribution in [2.24, 2.45) is 5.41 Å². The maximum atomic E-state index is 14.4. The van der Waals surface area contributed by atoms with Crippen LogP contribution in [0.1, 0.15) is 38.5 Å². The Morgan fingerprint density at radius 1 is 0.939 bits per heavy atom. The maximum Gasteiger partial charge on any atom is 0.246 e. The highest BCUT2D eigenvalue weighted by atomic mass is 32.2. The van der Waals surface area contributed by atoms with Gasteiger partial charge in [0.1, 0.15) is 16.5 Å². The van der Waals surface area contributed by atoms with E-state index in [0.717, 1.165) is 38.4 Å².